The Morgan fingerprint density at radius 1 is 1.44 bits per heavy atom. The molecule has 0 spiro atoms. The molecule has 1 aliphatic rings. The monoisotopic (exact) mass is 289 g/mol. The number of thiazole rings is 1. The number of aromatic nitrogens is 1. The normalized spacial score (nSPS) is 17.1. The van der Waals surface area contributed by atoms with E-state index in [-0.39, 0.29) is 11.5 Å². The van der Waals surface area contributed by atoms with Gasteiger partial charge >= 0.3 is 0 Å². The van der Waals surface area contributed by atoms with E-state index in [2.05, 4.69) is 15.2 Å². The molecule has 1 N–H and O–H groups in total. The molecule has 0 unspecified atom stereocenters. The first-order chi connectivity index (χ1) is 8.61. The van der Waals surface area contributed by atoms with Gasteiger partial charge in [-0.25, -0.2) is 13.4 Å². The minimum Gasteiger partial charge on any atom is -0.346 e. The van der Waals surface area contributed by atoms with Crippen LogP contribution >= 0.6 is 11.3 Å². The van der Waals surface area contributed by atoms with Crippen molar-refractivity contribution in [3.63, 3.8) is 0 Å². The summed E-state index contributed by atoms with van der Waals surface area (Å²) < 4.78 is 22.9. The molecule has 0 saturated carbocycles. The van der Waals surface area contributed by atoms with Crippen molar-refractivity contribution < 1.29 is 8.42 Å². The van der Waals surface area contributed by atoms with Crippen molar-refractivity contribution in [2.24, 2.45) is 0 Å². The number of sulfone groups is 1. The summed E-state index contributed by atoms with van der Waals surface area (Å²) in [7, 11) is -2.88. The highest BCUT2D eigenvalue weighted by Crippen LogP contribution is 2.23. The van der Waals surface area contributed by atoms with Crippen LogP contribution in [0.2, 0.25) is 0 Å². The van der Waals surface area contributed by atoms with E-state index >= 15 is 0 Å². The smallest absolute Gasteiger partial charge is 0.185 e. The van der Waals surface area contributed by atoms with Crippen LogP contribution in [0.25, 0.3) is 0 Å². The topological polar surface area (TPSA) is 62.3 Å². The molecule has 1 saturated heterocycles. The Kier molecular flexibility index (Phi) is 4.58. The van der Waals surface area contributed by atoms with Crippen molar-refractivity contribution in [3.8, 4) is 0 Å². The highest BCUT2D eigenvalue weighted by Gasteiger charge is 2.15. The van der Waals surface area contributed by atoms with Gasteiger partial charge < -0.3 is 10.2 Å². The van der Waals surface area contributed by atoms with Crippen LogP contribution in [0.1, 0.15) is 11.8 Å². The van der Waals surface area contributed by atoms with Crippen molar-refractivity contribution in [2.75, 3.05) is 42.6 Å². The molecule has 7 heteroatoms. The van der Waals surface area contributed by atoms with Gasteiger partial charge in [-0.1, -0.05) is 6.92 Å². The Labute approximate surface area is 112 Å². The molecule has 1 aromatic rings. The van der Waals surface area contributed by atoms with Gasteiger partial charge in [-0.15, -0.1) is 11.3 Å². The molecule has 0 atom stereocenters. The van der Waals surface area contributed by atoms with Gasteiger partial charge in [0.05, 0.1) is 5.75 Å². The van der Waals surface area contributed by atoms with Gasteiger partial charge in [-0.05, 0) is 6.42 Å². The average molecular weight is 289 g/mol. The fourth-order valence-corrected chi connectivity index (χ4v) is 3.73. The molecule has 0 radical (unpaired) electrons. The first-order valence-electron chi connectivity index (χ1n) is 6.21. The van der Waals surface area contributed by atoms with Gasteiger partial charge in [0, 0.05) is 43.0 Å². The second-order valence-corrected chi connectivity index (χ2v) is 7.90. The van der Waals surface area contributed by atoms with Gasteiger partial charge in [0.1, 0.15) is 9.84 Å². The molecule has 0 amide bonds. The van der Waals surface area contributed by atoms with Gasteiger partial charge in [0.15, 0.2) is 5.13 Å². The zero-order chi connectivity index (χ0) is 13.0. The van der Waals surface area contributed by atoms with Crippen molar-refractivity contribution in [3.05, 3.63) is 11.1 Å². The quantitative estimate of drug-likeness (QED) is 0.857. The summed E-state index contributed by atoms with van der Waals surface area (Å²) in [6, 6.07) is 0. The first kappa shape index (κ1) is 13.8. The van der Waals surface area contributed by atoms with Crippen LogP contribution in [0.4, 0.5) is 5.13 Å². The molecule has 1 fully saturated rings. The SMILES string of the molecule is CCS(=O)(=O)CCc1cnc(N2CCNCC2)s1. The third-order valence-corrected chi connectivity index (χ3v) is 5.85. The standard InChI is InChI=1S/C11H19N3O2S2/c1-2-18(15,16)8-3-10-9-13-11(17-10)14-6-4-12-5-7-14/h9,12H,2-8H2,1H3. The van der Waals surface area contributed by atoms with Gasteiger partial charge in [0.2, 0.25) is 0 Å². The lowest BCUT2D eigenvalue weighted by atomic mass is 10.4. The molecule has 0 aliphatic carbocycles. The molecule has 1 aromatic heterocycles. The number of aryl methyl sites for hydroxylation is 1. The lowest BCUT2D eigenvalue weighted by molar-refractivity contribution is 0.588. The molecule has 18 heavy (non-hydrogen) atoms. The molecule has 102 valence electrons. The Morgan fingerprint density at radius 3 is 2.83 bits per heavy atom. The van der Waals surface area contributed by atoms with E-state index in [0.29, 0.717) is 6.42 Å². The van der Waals surface area contributed by atoms with Crippen LogP contribution in [0.15, 0.2) is 6.20 Å². The number of piperazine rings is 1. The Bertz CT molecular complexity index is 478. The number of hydrogen-bond donors (Lipinski definition) is 1. The Hall–Kier alpha value is -0.660. The second kappa shape index (κ2) is 5.99. The zero-order valence-corrected chi connectivity index (χ0v) is 12.2. The van der Waals surface area contributed by atoms with Crippen molar-refractivity contribution in [1.82, 2.24) is 10.3 Å². The van der Waals surface area contributed by atoms with E-state index in [4.69, 9.17) is 0 Å². The van der Waals surface area contributed by atoms with Crippen LogP contribution in [0, 0.1) is 0 Å². The number of nitrogens with zero attached hydrogens (tertiary/aromatic N) is 2. The Balaban J connectivity index is 1.93. The third-order valence-electron chi connectivity index (χ3n) is 3.03. The van der Waals surface area contributed by atoms with Crippen LogP contribution in [-0.2, 0) is 16.3 Å². The molecule has 0 bridgehead atoms. The highest BCUT2D eigenvalue weighted by atomic mass is 32.2. The largest absolute Gasteiger partial charge is 0.346 e. The van der Waals surface area contributed by atoms with Crippen LogP contribution in [0.5, 0.6) is 0 Å². The lowest BCUT2D eigenvalue weighted by Gasteiger charge is -2.26. The minimum atomic E-state index is -2.88. The van der Waals surface area contributed by atoms with E-state index in [0.717, 1.165) is 36.2 Å². The summed E-state index contributed by atoms with van der Waals surface area (Å²) >= 11 is 1.61. The molecule has 0 aromatic carbocycles. The van der Waals surface area contributed by atoms with Gasteiger partial charge in [0.25, 0.3) is 0 Å². The van der Waals surface area contributed by atoms with Crippen LogP contribution in [-0.4, -0.2) is 51.1 Å². The maximum absolute atomic E-state index is 11.4. The molecule has 2 heterocycles. The fourth-order valence-electron chi connectivity index (χ4n) is 1.82. The van der Waals surface area contributed by atoms with Gasteiger partial charge in [-0.2, -0.15) is 0 Å². The molecular weight excluding hydrogens is 270 g/mol. The summed E-state index contributed by atoms with van der Waals surface area (Å²) in [6.07, 6.45) is 2.40. The molecule has 1 aliphatic heterocycles. The number of hydrogen-bond acceptors (Lipinski definition) is 6. The second-order valence-electron chi connectivity index (χ2n) is 4.33. The summed E-state index contributed by atoms with van der Waals surface area (Å²) in [6.45, 7) is 5.60. The van der Waals surface area contributed by atoms with Crippen molar-refractivity contribution in [1.29, 1.82) is 0 Å². The molecule has 2 rings (SSSR count). The van der Waals surface area contributed by atoms with E-state index in [1.54, 1.807) is 18.3 Å². The summed E-state index contributed by atoms with van der Waals surface area (Å²) in [5.74, 6) is 0.448. The molecular formula is C11H19N3O2S2. The summed E-state index contributed by atoms with van der Waals surface area (Å²) in [5, 5.41) is 4.31. The van der Waals surface area contributed by atoms with E-state index in [1.807, 2.05) is 6.20 Å². The maximum Gasteiger partial charge on any atom is 0.185 e. The molecule has 5 nitrogen and oxygen atoms in total. The Morgan fingerprint density at radius 2 is 2.17 bits per heavy atom. The van der Waals surface area contributed by atoms with E-state index in [1.165, 1.54) is 0 Å². The minimum absolute atomic E-state index is 0.219. The summed E-state index contributed by atoms with van der Waals surface area (Å²) in [4.78, 5) is 7.69. The first-order valence-corrected chi connectivity index (χ1v) is 8.85. The lowest BCUT2D eigenvalue weighted by Crippen LogP contribution is -2.43. The number of anilines is 1. The maximum atomic E-state index is 11.4. The van der Waals surface area contributed by atoms with E-state index < -0.39 is 9.84 Å². The van der Waals surface area contributed by atoms with Crippen LogP contribution < -0.4 is 10.2 Å². The predicted octanol–water partition coefficient (Wildman–Crippen LogP) is 0.530. The highest BCUT2D eigenvalue weighted by molar-refractivity contribution is 7.91. The summed E-state index contributed by atoms with van der Waals surface area (Å²) in [5.41, 5.74) is 0. The fraction of sp³-hybridized carbons (Fsp3) is 0.727. The van der Waals surface area contributed by atoms with Crippen molar-refractivity contribution in [2.45, 2.75) is 13.3 Å². The van der Waals surface area contributed by atoms with Crippen molar-refractivity contribution >= 4 is 26.3 Å². The number of rotatable bonds is 5. The third kappa shape index (κ3) is 3.66. The van der Waals surface area contributed by atoms with E-state index in [9.17, 15) is 8.42 Å². The van der Waals surface area contributed by atoms with Crippen LogP contribution in [0.3, 0.4) is 0 Å². The number of nitrogens with one attached hydrogen (secondary N) is 1. The zero-order valence-electron chi connectivity index (χ0n) is 10.6. The average Bonchev–Trinajstić information content (AvgIpc) is 2.86. The predicted molar refractivity (Wildman–Crippen MR) is 75.2 cm³/mol. The van der Waals surface area contributed by atoms with Gasteiger partial charge in [-0.3, -0.25) is 0 Å².